The minimum absolute atomic E-state index is 0.0628. The van der Waals surface area contributed by atoms with Crippen LogP contribution in [-0.2, 0) is 15.0 Å². The molecule has 0 radical (unpaired) electrons. The zero-order chi connectivity index (χ0) is 18.3. The van der Waals surface area contributed by atoms with Crippen LogP contribution in [0.1, 0.15) is 18.9 Å². The number of carbonyl (C=O) groups is 2. The van der Waals surface area contributed by atoms with Crippen molar-refractivity contribution in [2.45, 2.75) is 18.8 Å². The Balaban J connectivity index is 2.07. The maximum absolute atomic E-state index is 12.3. The molecular formula is C19H17N2O4-. The molecule has 0 heterocycles. The molecule has 1 amide bonds. The molecule has 2 aromatic carbocycles. The number of hydrogen-bond donors (Lipinski definition) is 1. The van der Waals surface area contributed by atoms with Crippen molar-refractivity contribution in [3.8, 4) is 11.8 Å². The molecule has 0 saturated heterocycles. The molecule has 1 atom stereocenters. The van der Waals surface area contributed by atoms with E-state index in [2.05, 4.69) is 5.32 Å². The maximum atomic E-state index is 12.3. The Kier molecular flexibility index (Phi) is 5.75. The van der Waals surface area contributed by atoms with Gasteiger partial charge in [-0.3, -0.25) is 4.79 Å². The van der Waals surface area contributed by atoms with Crippen LogP contribution >= 0.6 is 0 Å². The highest BCUT2D eigenvalue weighted by Crippen LogP contribution is 2.28. The summed E-state index contributed by atoms with van der Waals surface area (Å²) in [5.74, 6) is -1.25. The van der Waals surface area contributed by atoms with Gasteiger partial charge in [0.15, 0.2) is 6.61 Å². The Bertz CT molecular complexity index is 781. The lowest BCUT2D eigenvalue weighted by Gasteiger charge is -2.30. The number of rotatable bonds is 7. The van der Waals surface area contributed by atoms with Gasteiger partial charge in [-0.15, -0.1) is 0 Å². The van der Waals surface area contributed by atoms with Gasteiger partial charge >= 0.3 is 0 Å². The standard InChI is InChI=1S/C19H18N2O4/c1-19(18(23)24,14-5-3-2-4-6-14)13-17(22)21-15-7-9-16(10-8-15)25-12-11-20/h2-10H,12-13H2,1H3,(H,21,22)(H,23,24)/p-1/t19-/m0/s1. The average Bonchev–Trinajstić information content (AvgIpc) is 2.61. The first-order valence-electron chi connectivity index (χ1n) is 7.62. The van der Waals surface area contributed by atoms with Crippen molar-refractivity contribution in [1.82, 2.24) is 0 Å². The Morgan fingerprint density at radius 2 is 1.80 bits per heavy atom. The second kappa shape index (κ2) is 7.97. The Morgan fingerprint density at radius 3 is 2.36 bits per heavy atom. The summed E-state index contributed by atoms with van der Waals surface area (Å²) in [5.41, 5.74) is -0.422. The summed E-state index contributed by atoms with van der Waals surface area (Å²) in [7, 11) is 0. The van der Waals surface area contributed by atoms with Crippen LogP contribution in [-0.4, -0.2) is 18.5 Å². The van der Waals surface area contributed by atoms with E-state index < -0.39 is 17.3 Å². The maximum Gasteiger partial charge on any atom is 0.225 e. The Hall–Kier alpha value is -3.33. The number of anilines is 1. The van der Waals surface area contributed by atoms with Gasteiger partial charge in [0, 0.05) is 17.5 Å². The van der Waals surface area contributed by atoms with E-state index in [-0.39, 0.29) is 13.0 Å². The van der Waals surface area contributed by atoms with Crippen LogP contribution in [0.5, 0.6) is 5.75 Å². The summed E-state index contributed by atoms with van der Waals surface area (Å²) in [6.07, 6.45) is -0.258. The molecule has 0 aliphatic carbocycles. The second-order valence-electron chi connectivity index (χ2n) is 5.68. The molecule has 128 valence electrons. The summed E-state index contributed by atoms with van der Waals surface area (Å²) < 4.78 is 5.13. The van der Waals surface area contributed by atoms with E-state index >= 15 is 0 Å². The number of ether oxygens (including phenoxy) is 1. The molecule has 0 aliphatic rings. The molecule has 0 aliphatic heterocycles. The molecule has 0 unspecified atom stereocenters. The van der Waals surface area contributed by atoms with Crippen molar-refractivity contribution >= 4 is 17.6 Å². The lowest BCUT2D eigenvalue weighted by Crippen LogP contribution is -2.45. The van der Waals surface area contributed by atoms with E-state index in [4.69, 9.17) is 10.00 Å². The smallest absolute Gasteiger partial charge is 0.225 e. The molecular weight excluding hydrogens is 320 g/mol. The van der Waals surface area contributed by atoms with Gasteiger partial charge in [0.05, 0.1) is 5.97 Å². The Morgan fingerprint density at radius 1 is 1.16 bits per heavy atom. The zero-order valence-corrected chi connectivity index (χ0v) is 13.7. The molecule has 25 heavy (non-hydrogen) atoms. The van der Waals surface area contributed by atoms with Gasteiger partial charge in [0.25, 0.3) is 0 Å². The third kappa shape index (κ3) is 4.58. The third-order valence-electron chi connectivity index (χ3n) is 3.82. The molecule has 0 spiro atoms. The largest absolute Gasteiger partial charge is 0.549 e. The predicted molar refractivity (Wildman–Crippen MR) is 89.6 cm³/mol. The summed E-state index contributed by atoms with van der Waals surface area (Å²) in [6.45, 7) is 1.41. The Labute approximate surface area is 145 Å². The minimum Gasteiger partial charge on any atom is -0.549 e. The summed E-state index contributed by atoms with van der Waals surface area (Å²) in [6, 6.07) is 16.8. The van der Waals surface area contributed by atoms with Crippen LogP contribution < -0.4 is 15.2 Å². The minimum atomic E-state index is -1.43. The molecule has 1 N–H and O–H groups in total. The number of carbonyl (C=O) groups excluding carboxylic acids is 2. The molecule has 0 aromatic heterocycles. The van der Waals surface area contributed by atoms with E-state index in [0.717, 1.165) is 0 Å². The van der Waals surface area contributed by atoms with Crippen molar-refractivity contribution in [3.63, 3.8) is 0 Å². The zero-order valence-electron chi connectivity index (χ0n) is 13.7. The molecule has 0 saturated carbocycles. The van der Waals surface area contributed by atoms with Gasteiger partial charge in [-0.2, -0.15) is 5.26 Å². The topological polar surface area (TPSA) is 102 Å². The number of aliphatic carboxylic acids is 1. The average molecular weight is 337 g/mol. The highest BCUT2D eigenvalue weighted by Gasteiger charge is 2.31. The van der Waals surface area contributed by atoms with Gasteiger partial charge in [-0.05, 0) is 36.8 Å². The molecule has 0 bridgehead atoms. The molecule has 2 rings (SSSR count). The van der Waals surface area contributed by atoms with Crippen LogP contribution in [0.4, 0.5) is 5.69 Å². The van der Waals surface area contributed by atoms with Crippen LogP contribution in [0.25, 0.3) is 0 Å². The molecule has 2 aromatic rings. The van der Waals surface area contributed by atoms with E-state index in [0.29, 0.717) is 17.0 Å². The van der Waals surface area contributed by atoms with Crippen LogP contribution in [0.15, 0.2) is 54.6 Å². The number of nitrogens with zero attached hydrogens (tertiary/aromatic N) is 1. The second-order valence-corrected chi connectivity index (χ2v) is 5.68. The molecule has 6 heteroatoms. The van der Waals surface area contributed by atoms with Crippen LogP contribution in [0.3, 0.4) is 0 Å². The predicted octanol–water partition coefficient (Wildman–Crippen LogP) is 1.63. The summed E-state index contributed by atoms with van der Waals surface area (Å²) in [4.78, 5) is 23.9. The third-order valence-corrected chi connectivity index (χ3v) is 3.82. The number of amides is 1. The van der Waals surface area contributed by atoms with E-state index in [1.165, 1.54) is 6.92 Å². The first kappa shape index (κ1) is 18.0. The summed E-state index contributed by atoms with van der Waals surface area (Å²) in [5, 5.41) is 22.7. The highest BCUT2D eigenvalue weighted by molar-refractivity contribution is 5.95. The van der Waals surface area contributed by atoms with Gasteiger partial charge in [-0.25, -0.2) is 0 Å². The van der Waals surface area contributed by atoms with E-state index in [1.54, 1.807) is 54.6 Å². The number of benzene rings is 2. The SMILES string of the molecule is C[C@@](CC(=O)Nc1ccc(OCC#N)cc1)(C(=O)[O-])c1ccccc1. The van der Waals surface area contributed by atoms with Crippen molar-refractivity contribution in [2.75, 3.05) is 11.9 Å². The molecule has 0 fully saturated rings. The van der Waals surface area contributed by atoms with Crippen molar-refractivity contribution < 1.29 is 19.4 Å². The lowest BCUT2D eigenvalue weighted by atomic mass is 9.79. The van der Waals surface area contributed by atoms with Crippen molar-refractivity contribution in [1.29, 1.82) is 5.26 Å². The highest BCUT2D eigenvalue weighted by atomic mass is 16.5. The fraction of sp³-hybridized carbons (Fsp3) is 0.211. The summed E-state index contributed by atoms with van der Waals surface area (Å²) >= 11 is 0. The van der Waals surface area contributed by atoms with Gasteiger partial charge in [0.2, 0.25) is 5.91 Å². The number of hydrogen-bond acceptors (Lipinski definition) is 5. The number of carboxylic acid groups (broad SMARTS) is 1. The van der Waals surface area contributed by atoms with Crippen LogP contribution in [0, 0.1) is 11.3 Å². The van der Waals surface area contributed by atoms with Gasteiger partial charge < -0.3 is 20.0 Å². The lowest BCUT2D eigenvalue weighted by molar-refractivity contribution is -0.313. The van der Waals surface area contributed by atoms with E-state index in [9.17, 15) is 14.7 Å². The fourth-order valence-corrected chi connectivity index (χ4v) is 2.37. The number of carboxylic acids is 1. The van der Waals surface area contributed by atoms with Crippen LogP contribution in [0.2, 0.25) is 0 Å². The molecule has 6 nitrogen and oxygen atoms in total. The number of nitriles is 1. The van der Waals surface area contributed by atoms with Gasteiger partial charge in [0.1, 0.15) is 11.8 Å². The first-order valence-corrected chi connectivity index (χ1v) is 7.62. The first-order chi connectivity index (χ1) is 12.0. The normalized spacial score (nSPS) is 12.5. The van der Waals surface area contributed by atoms with Crippen molar-refractivity contribution in [2.24, 2.45) is 0 Å². The monoisotopic (exact) mass is 337 g/mol. The quantitative estimate of drug-likeness (QED) is 0.827. The fourth-order valence-electron chi connectivity index (χ4n) is 2.37. The van der Waals surface area contributed by atoms with Gasteiger partial charge in [-0.1, -0.05) is 30.3 Å². The van der Waals surface area contributed by atoms with E-state index in [1.807, 2.05) is 6.07 Å². The van der Waals surface area contributed by atoms with Crippen molar-refractivity contribution in [3.05, 3.63) is 60.2 Å². The number of nitrogens with one attached hydrogen (secondary N) is 1.